The highest BCUT2D eigenvalue weighted by Crippen LogP contribution is 2.07. The van der Waals surface area contributed by atoms with E-state index in [-0.39, 0.29) is 19.1 Å². The minimum absolute atomic E-state index is 0.0661. The van der Waals surface area contributed by atoms with Crippen LogP contribution in [0.2, 0.25) is 0 Å². The van der Waals surface area contributed by atoms with Gasteiger partial charge in [0.05, 0.1) is 19.1 Å². The van der Waals surface area contributed by atoms with E-state index in [1.807, 2.05) is 0 Å². The molecule has 6 N–H and O–H groups in total. The molecule has 0 saturated heterocycles. The first-order valence-corrected chi connectivity index (χ1v) is 11.4. The van der Waals surface area contributed by atoms with Crippen LogP contribution in [0.15, 0.2) is 0 Å². The summed E-state index contributed by atoms with van der Waals surface area (Å²) in [7, 11) is 0. The van der Waals surface area contributed by atoms with E-state index in [9.17, 15) is 38.7 Å². The number of aliphatic hydroxyl groups is 1. The van der Waals surface area contributed by atoms with Gasteiger partial charge in [-0.1, -0.05) is 0 Å². The van der Waals surface area contributed by atoms with Gasteiger partial charge in [-0.2, -0.15) is 11.8 Å². The van der Waals surface area contributed by atoms with E-state index >= 15 is 0 Å². The Morgan fingerprint density at radius 3 is 2.06 bits per heavy atom. The number of carboxylic acid groups (broad SMARTS) is 2. The van der Waals surface area contributed by atoms with Crippen LogP contribution < -0.4 is 16.0 Å². The van der Waals surface area contributed by atoms with Crippen molar-refractivity contribution in [2.24, 2.45) is 0 Å². The van der Waals surface area contributed by atoms with E-state index in [2.05, 4.69) is 16.0 Å². The van der Waals surface area contributed by atoms with Gasteiger partial charge in [-0.3, -0.25) is 24.0 Å². The van der Waals surface area contributed by atoms with Gasteiger partial charge in [0.1, 0.15) is 18.4 Å². The first-order valence-electron chi connectivity index (χ1n) is 10.0. The zero-order chi connectivity index (χ0) is 26.3. The highest BCUT2D eigenvalue weighted by atomic mass is 32.2. The molecular weight excluding hydrogens is 478 g/mol. The summed E-state index contributed by atoms with van der Waals surface area (Å²) in [4.78, 5) is 81.2. The summed E-state index contributed by atoms with van der Waals surface area (Å²) in [6, 6.07) is -3.98. The van der Waals surface area contributed by atoms with Gasteiger partial charge in [0.2, 0.25) is 17.9 Å². The van der Waals surface area contributed by atoms with Crippen molar-refractivity contribution in [1.82, 2.24) is 16.0 Å². The molecular formula is C19H29N3O11S. The van der Waals surface area contributed by atoms with Gasteiger partial charge >= 0.3 is 17.9 Å². The fourth-order valence-electron chi connectivity index (χ4n) is 2.53. The molecule has 0 bridgehead atoms. The van der Waals surface area contributed by atoms with E-state index in [1.165, 1.54) is 11.8 Å². The summed E-state index contributed by atoms with van der Waals surface area (Å²) in [5.74, 6) is -5.94. The molecule has 0 spiro atoms. The fourth-order valence-corrected chi connectivity index (χ4v) is 3.00. The summed E-state index contributed by atoms with van der Waals surface area (Å²) < 4.78 is 4.92. The minimum Gasteiger partial charge on any atom is -0.481 e. The van der Waals surface area contributed by atoms with Crippen molar-refractivity contribution in [2.45, 2.75) is 56.8 Å². The number of rotatable bonds is 17. The number of aliphatic carboxylic acids is 2. The quantitative estimate of drug-likeness (QED) is 0.0899. The number of aliphatic hydroxyl groups excluding tert-OH is 1. The molecule has 0 heterocycles. The summed E-state index contributed by atoms with van der Waals surface area (Å²) in [6.45, 7) is 0.0966. The first-order chi connectivity index (χ1) is 15.9. The molecule has 15 heteroatoms. The lowest BCUT2D eigenvalue weighted by Gasteiger charge is -2.24. The predicted octanol–water partition coefficient (Wildman–Crippen LogP) is -2.34. The Bertz CT molecular complexity index is 762. The van der Waals surface area contributed by atoms with Gasteiger partial charge in [0.15, 0.2) is 0 Å². The average molecular weight is 508 g/mol. The molecule has 0 aromatic carbocycles. The lowest BCUT2D eigenvalue weighted by molar-refractivity contribution is -0.161. The fraction of sp³-hybridized carbons (Fsp3) is 0.632. The highest BCUT2D eigenvalue weighted by Gasteiger charge is 2.31. The molecule has 4 unspecified atom stereocenters. The smallest absolute Gasteiger partial charge is 0.329 e. The molecule has 4 atom stereocenters. The largest absolute Gasteiger partial charge is 0.481 e. The predicted molar refractivity (Wildman–Crippen MR) is 117 cm³/mol. The maximum absolute atomic E-state index is 12.6. The number of hydrogen-bond acceptors (Lipinski definition) is 10. The number of carbonyl (C=O) groups is 7. The van der Waals surface area contributed by atoms with Crippen molar-refractivity contribution < 1.29 is 53.6 Å². The normalized spacial score (nSPS) is 14.0. The Labute approximate surface area is 199 Å². The van der Waals surface area contributed by atoms with Crippen LogP contribution in [-0.4, -0.2) is 100 Å². The molecule has 0 aliphatic heterocycles. The van der Waals surface area contributed by atoms with Crippen LogP contribution in [0.5, 0.6) is 0 Å². The highest BCUT2D eigenvalue weighted by molar-refractivity contribution is 7.98. The zero-order valence-electron chi connectivity index (χ0n) is 18.6. The van der Waals surface area contributed by atoms with E-state index in [1.54, 1.807) is 6.26 Å². The standard InChI is InChI=1S/C19H29N3O11S/c1-10(25)20-13(3-4-15(26)27)19(32)33-14(9-24)18(31)22-12(5-6-34-2)17(30)21-11(8-23)7-16(28)29/h8,11-14,24H,3-7,9H2,1-2H3,(H,20,25)(H,21,30)(H,22,31)(H,26,27)(H,28,29). The number of nitrogens with one attached hydrogen (secondary N) is 3. The molecule has 14 nitrogen and oxygen atoms in total. The van der Waals surface area contributed by atoms with Crippen LogP contribution in [0.1, 0.15) is 32.6 Å². The molecule has 34 heavy (non-hydrogen) atoms. The molecule has 0 aliphatic carbocycles. The maximum atomic E-state index is 12.6. The average Bonchev–Trinajstić information content (AvgIpc) is 2.75. The molecule has 0 fully saturated rings. The SMILES string of the molecule is CSCCC(NC(=O)C(CO)OC(=O)C(CCC(=O)O)NC(C)=O)C(=O)NC(C=O)CC(=O)O. The summed E-state index contributed by atoms with van der Waals surface area (Å²) >= 11 is 1.33. The van der Waals surface area contributed by atoms with Crippen LogP contribution in [0.3, 0.4) is 0 Å². The van der Waals surface area contributed by atoms with Gasteiger partial charge in [-0.15, -0.1) is 0 Å². The van der Waals surface area contributed by atoms with Gasteiger partial charge in [-0.05, 0) is 24.9 Å². The number of ether oxygens (including phenoxy) is 1. The monoisotopic (exact) mass is 507 g/mol. The lowest BCUT2D eigenvalue weighted by atomic mass is 10.1. The third-order valence-electron chi connectivity index (χ3n) is 4.16. The Morgan fingerprint density at radius 1 is 0.941 bits per heavy atom. The van der Waals surface area contributed by atoms with Crippen molar-refractivity contribution in [1.29, 1.82) is 0 Å². The topological polar surface area (TPSA) is 225 Å². The first kappa shape index (κ1) is 30.8. The van der Waals surface area contributed by atoms with Crippen molar-refractivity contribution >= 4 is 53.7 Å². The van der Waals surface area contributed by atoms with Gasteiger partial charge in [0.25, 0.3) is 5.91 Å². The molecule has 192 valence electrons. The number of aldehydes is 1. The van der Waals surface area contributed by atoms with Crippen molar-refractivity contribution in [3.63, 3.8) is 0 Å². The molecule has 0 rings (SSSR count). The molecule has 0 saturated carbocycles. The second kappa shape index (κ2) is 16.4. The van der Waals surface area contributed by atoms with Crippen LogP contribution >= 0.6 is 11.8 Å². The molecule has 0 radical (unpaired) electrons. The van der Waals surface area contributed by atoms with Gasteiger partial charge in [0, 0.05) is 13.3 Å². The number of amides is 3. The summed E-state index contributed by atoms with van der Waals surface area (Å²) in [5, 5.41) is 33.7. The Kier molecular flexibility index (Phi) is 14.9. The molecule has 0 aromatic rings. The third kappa shape index (κ3) is 12.7. The van der Waals surface area contributed by atoms with Crippen LogP contribution in [0, 0.1) is 0 Å². The maximum Gasteiger partial charge on any atom is 0.329 e. The molecule has 0 aromatic heterocycles. The van der Waals surface area contributed by atoms with Gasteiger partial charge < -0.3 is 40.8 Å². The Balaban J connectivity index is 5.34. The van der Waals surface area contributed by atoms with E-state index in [0.29, 0.717) is 5.75 Å². The minimum atomic E-state index is -1.79. The van der Waals surface area contributed by atoms with Gasteiger partial charge in [-0.25, -0.2) is 4.79 Å². The summed E-state index contributed by atoms with van der Waals surface area (Å²) in [5.41, 5.74) is 0. The van der Waals surface area contributed by atoms with Crippen molar-refractivity contribution in [3.8, 4) is 0 Å². The van der Waals surface area contributed by atoms with Crippen LogP contribution in [-0.2, 0) is 38.3 Å². The molecule has 3 amide bonds. The number of carboxylic acids is 2. The second-order valence-corrected chi connectivity index (χ2v) is 7.97. The van der Waals surface area contributed by atoms with E-state index < -0.39 is 79.3 Å². The van der Waals surface area contributed by atoms with Crippen LogP contribution in [0.4, 0.5) is 0 Å². The molecule has 0 aliphatic rings. The number of carbonyl (C=O) groups excluding carboxylic acids is 5. The van der Waals surface area contributed by atoms with E-state index in [4.69, 9.17) is 14.9 Å². The van der Waals surface area contributed by atoms with Crippen LogP contribution in [0.25, 0.3) is 0 Å². The number of esters is 1. The third-order valence-corrected chi connectivity index (χ3v) is 4.80. The Hall–Kier alpha value is -3.20. The zero-order valence-corrected chi connectivity index (χ0v) is 19.5. The number of hydrogen-bond donors (Lipinski definition) is 6. The number of thioether (sulfide) groups is 1. The lowest BCUT2D eigenvalue weighted by Crippen LogP contribution is -2.54. The Morgan fingerprint density at radius 2 is 1.59 bits per heavy atom. The summed E-state index contributed by atoms with van der Waals surface area (Å²) in [6.07, 6.45) is -1.25. The second-order valence-electron chi connectivity index (χ2n) is 6.99. The van der Waals surface area contributed by atoms with E-state index in [0.717, 1.165) is 6.92 Å². The van der Waals surface area contributed by atoms with Crippen molar-refractivity contribution in [2.75, 3.05) is 18.6 Å². The van der Waals surface area contributed by atoms with Crippen molar-refractivity contribution in [3.05, 3.63) is 0 Å².